The number of nitrogens with one attached hydrogen (secondary N) is 1. The quantitative estimate of drug-likeness (QED) is 0.886. The van der Waals surface area contributed by atoms with Gasteiger partial charge in [-0.25, -0.2) is 0 Å². The number of aliphatic hydroxyl groups excluding tert-OH is 1. The summed E-state index contributed by atoms with van der Waals surface area (Å²) in [6, 6.07) is 8.91. The average molecular weight is 288 g/mol. The molecule has 112 valence electrons. The Labute approximate surface area is 124 Å². The van der Waals surface area contributed by atoms with Crippen LogP contribution in [0.4, 0.5) is 0 Å². The van der Waals surface area contributed by atoms with Gasteiger partial charge in [0.15, 0.2) is 5.76 Å². The van der Waals surface area contributed by atoms with Crippen molar-refractivity contribution in [1.29, 1.82) is 0 Å². The molecule has 0 radical (unpaired) electrons. The highest BCUT2D eigenvalue weighted by atomic mass is 16.5. The summed E-state index contributed by atoms with van der Waals surface area (Å²) in [7, 11) is 0. The molecule has 0 fully saturated rings. The van der Waals surface area contributed by atoms with Gasteiger partial charge < -0.3 is 14.9 Å². The van der Waals surface area contributed by atoms with Crippen LogP contribution >= 0.6 is 0 Å². The molecule has 0 aliphatic heterocycles. The Morgan fingerprint density at radius 2 is 2.00 bits per heavy atom. The Morgan fingerprint density at radius 1 is 1.33 bits per heavy atom. The molecule has 21 heavy (non-hydrogen) atoms. The largest absolute Gasteiger partial charge is 0.394 e. The van der Waals surface area contributed by atoms with Crippen molar-refractivity contribution < 1.29 is 14.4 Å². The highest BCUT2D eigenvalue weighted by Gasteiger charge is 2.24. The van der Waals surface area contributed by atoms with Crippen molar-refractivity contribution >= 4 is 5.91 Å². The second-order valence-electron chi connectivity index (χ2n) is 5.28. The maximum atomic E-state index is 12.5. The fourth-order valence-corrected chi connectivity index (χ4v) is 2.21. The van der Waals surface area contributed by atoms with Crippen LogP contribution < -0.4 is 5.32 Å². The molecule has 1 aromatic heterocycles. The first-order chi connectivity index (χ1) is 10.0. The Balaban J connectivity index is 2.23. The summed E-state index contributed by atoms with van der Waals surface area (Å²) in [5, 5.41) is 16.2. The van der Waals surface area contributed by atoms with Gasteiger partial charge in [-0.2, -0.15) is 0 Å². The third-order valence-electron chi connectivity index (χ3n) is 3.33. The minimum Gasteiger partial charge on any atom is -0.394 e. The van der Waals surface area contributed by atoms with Crippen LogP contribution in [0.3, 0.4) is 0 Å². The van der Waals surface area contributed by atoms with Gasteiger partial charge in [0.1, 0.15) is 5.56 Å². The molecule has 1 aromatic carbocycles. The molecular weight excluding hydrogens is 268 g/mol. The van der Waals surface area contributed by atoms with Crippen molar-refractivity contribution in [2.75, 3.05) is 6.61 Å². The molecule has 0 spiro atoms. The standard InChI is InChI=1S/C16H20N2O3/c1-10(2)15-14(11(3)18-21-15)16(20)17-13(9-19)12-7-5-4-6-8-12/h4-8,10,13,19H,9H2,1-3H3,(H,17,20). The molecule has 5 heteroatoms. The summed E-state index contributed by atoms with van der Waals surface area (Å²) in [6.45, 7) is 5.45. The molecule has 0 saturated carbocycles. The van der Waals surface area contributed by atoms with E-state index in [4.69, 9.17) is 4.52 Å². The average Bonchev–Trinajstić information content (AvgIpc) is 2.87. The van der Waals surface area contributed by atoms with E-state index in [0.717, 1.165) is 5.56 Å². The number of hydrogen-bond donors (Lipinski definition) is 2. The Morgan fingerprint density at radius 3 is 2.57 bits per heavy atom. The topological polar surface area (TPSA) is 75.4 Å². The summed E-state index contributed by atoms with van der Waals surface area (Å²) >= 11 is 0. The first-order valence-corrected chi connectivity index (χ1v) is 6.97. The Kier molecular flexibility index (Phi) is 4.75. The lowest BCUT2D eigenvalue weighted by Crippen LogP contribution is -2.31. The molecule has 0 aliphatic rings. The molecule has 1 unspecified atom stereocenters. The second kappa shape index (κ2) is 6.54. The van der Waals surface area contributed by atoms with Crippen molar-refractivity contribution in [3.05, 3.63) is 52.9 Å². The second-order valence-corrected chi connectivity index (χ2v) is 5.28. The van der Waals surface area contributed by atoms with E-state index < -0.39 is 6.04 Å². The first kappa shape index (κ1) is 15.3. The van der Waals surface area contributed by atoms with Crippen LogP contribution in [0.5, 0.6) is 0 Å². The van der Waals surface area contributed by atoms with Gasteiger partial charge >= 0.3 is 0 Å². The molecule has 1 heterocycles. The van der Waals surface area contributed by atoms with E-state index in [1.54, 1.807) is 6.92 Å². The number of aryl methyl sites for hydroxylation is 1. The van der Waals surface area contributed by atoms with Crippen LogP contribution in [0, 0.1) is 6.92 Å². The third-order valence-corrected chi connectivity index (χ3v) is 3.33. The lowest BCUT2D eigenvalue weighted by Gasteiger charge is -2.17. The minimum atomic E-state index is -0.451. The third kappa shape index (κ3) is 3.31. The van der Waals surface area contributed by atoms with Crippen LogP contribution in [-0.2, 0) is 0 Å². The van der Waals surface area contributed by atoms with Crippen molar-refractivity contribution in [3.8, 4) is 0 Å². The maximum absolute atomic E-state index is 12.5. The number of rotatable bonds is 5. The lowest BCUT2D eigenvalue weighted by atomic mass is 10.0. The van der Waals surface area contributed by atoms with Gasteiger partial charge in [-0.15, -0.1) is 0 Å². The monoisotopic (exact) mass is 288 g/mol. The van der Waals surface area contributed by atoms with Crippen molar-refractivity contribution in [1.82, 2.24) is 10.5 Å². The van der Waals surface area contributed by atoms with Gasteiger partial charge in [-0.1, -0.05) is 49.3 Å². The van der Waals surface area contributed by atoms with Gasteiger partial charge in [0, 0.05) is 5.92 Å². The van der Waals surface area contributed by atoms with Crippen LogP contribution in [-0.4, -0.2) is 22.8 Å². The van der Waals surface area contributed by atoms with Crippen molar-refractivity contribution in [2.24, 2.45) is 0 Å². The molecule has 2 aromatic rings. The molecule has 2 N–H and O–H groups in total. The van der Waals surface area contributed by atoms with Gasteiger partial charge in [-0.3, -0.25) is 4.79 Å². The van der Waals surface area contributed by atoms with Crippen LogP contribution in [0.2, 0.25) is 0 Å². The van der Waals surface area contributed by atoms with E-state index in [9.17, 15) is 9.90 Å². The molecule has 0 aliphatic carbocycles. The molecular formula is C16H20N2O3. The molecule has 5 nitrogen and oxygen atoms in total. The molecule has 0 saturated heterocycles. The van der Waals surface area contributed by atoms with E-state index in [0.29, 0.717) is 17.0 Å². The highest BCUT2D eigenvalue weighted by Crippen LogP contribution is 2.23. The first-order valence-electron chi connectivity index (χ1n) is 6.97. The smallest absolute Gasteiger partial charge is 0.257 e. The van der Waals surface area contributed by atoms with Gasteiger partial charge in [-0.05, 0) is 12.5 Å². The zero-order chi connectivity index (χ0) is 15.4. The predicted molar refractivity (Wildman–Crippen MR) is 79.1 cm³/mol. The van der Waals surface area contributed by atoms with Crippen molar-refractivity contribution in [2.45, 2.75) is 32.7 Å². The summed E-state index contributed by atoms with van der Waals surface area (Å²) < 4.78 is 5.23. The number of hydrogen-bond acceptors (Lipinski definition) is 4. The van der Waals surface area contributed by atoms with E-state index >= 15 is 0 Å². The number of aromatic nitrogens is 1. The summed E-state index contributed by atoms with van der Waals surface area (Å²) in [6.07, 6.45) is 0. The minimum absolute atomic E-state index is 0.0660. The molecule has 2 rings (SSSR count). The zero-order valence-corrected chi connectivity index (χ0v) is 12.5. The number of carbonyl (C=O) groups is 1. The van der Waals surface area contributed by atoms with Gasteiger partial charge in [0.2, 0.25) is 0 Å². The van der Waals surface area contributed by atoms with E-state index in [2.05, 4.69) is 10.5 Å². The van der Waals surface area contributed by atoms with Crippen LogP contribution in [0.1, 0.15) is 53.2 Å². The summed E-state index contributed by atoms with van der Waals surface area (Å²) in [4.78, 5) is 12.5. The van der Waals surface area contributed by atoms with Crippen LogP contribution in [0.25, 0.3) is 0 Å². The Bertz CT molecular complexity index is 605. The predicted octanol–water partition coefficient (Wildman–Crippen LogP) is 2.57. The number of carbonyl (C=O) groups excluding carboxylic acids is 1. The molecule has 1 atom stereocenters. The van der Waals surface area contributed by atoms with Gasteiger partial charge in [0.25, 0.3) is 5.91 Å². The highest BCUT2D eigenvalue weighted by molar-refractivity contribution is 5.96. The van der Waals surface area contributed by atoms with Crippen molar-refractivity contribution in [3.63, 3.8) is 0 Å². The SMILES string of the molecule is Cc1noc(C(C)C)c1C(=O)NC(CO)c1ccccc1. The zero-order valence-electron chi connectivity index (χ0n) is 12.5. The molecule has 0 bridgehead atoms. The van der Waals surface area contributed by atoms with E-state index in [1.807, 2.05) is 44.2 Å². The maximum Gasteiger partial charge on any atom is 0.257 e. The van der Waals surface area contributed by atoms with Crippen LogP contribution in [0.15, 0.2) is 34.9 Å². The fraction of sp³-hybridized carbons (Fsp3) is 0.375. The lowest BCUT2D eigenvalue weighted by molar-refractivity contribution is 0.0913. The number of amides is 1. The summed E-state index contributed by atoms with van der Waals surface area (Å²) in [5.41, 5.74) is 1.87. The number of nitrogens with zero attached hydrogens (tertiary/aromatic N) is 1. The fourth-order valence-electron chi connectivity index (χ4n) is 2.21. The summed E-state index contributed by atoms with van der Waals surface area (Å²) in [5.74, 6) is 0.353. The normalized spacial score (nSPS) is 12.4. The Hall–Kier alpha value is -2.14. The van der Waals surface area contributed by atoms with E-state index in [1.165, 1.54) is 0 Å². The van der Waals surface area contributed by atoms with Gasteiger partial charge in [0.05, 0.1) is 18.3 Å². The number of benzene rings is 1. The van der Waals surface area contributed by atoms with E-state index in [-0.39, 0.29) is 18.4 Å². The number of aliphatic hydroxyl groups is 1. The molecule has 1 amide bonds.